The Labute approximate surface area is 195 Å². The molecule has 10 heteroatoms. The van der Waals surface area contributed by atoms with Crippen LogP contribution in [0.1, 0.15) is 37.3 Å². The molecule has 0 spiro atoms. The molecule has 0 radical (unpaired) electrons. The van der Waals surface area contributed by atoms with Crippen molar-refractivity contribution in [2.75, 3.05) is 12.9 Å². The topological polar surface area (TPSA) is 116 Å². The zero-order valence-corrected chi connectivity index (χ0v) is 19.6. The van der Waals surface area contributed by atoms with Crippen molar-refractivity contribution in [1.82, 2.24) is 9.55 Å². The average Bonchev–Trinajstić information content (AvgIpc) is 2.71. The van der Waals surface area contributed by atoms with E-state index < -0.39 is 27.7 Å². The minimum absolute atomic E-state index is 0.132. The maximum absolute atomic E-state index is 13.5. The minimum Gasteiger partial charge on any atom is -0.480 e. The molecule has 1 aliphatic rings. The third kappa shape index (κ3) is 4.95. The predicted molar refractivity (Wildman–Crippen MR) is 125 cm³/mol. The van der Waals surface area contributed by atoms with Gasteiger partial charge in [-0.3, -0.25) is 13.5 Å². The first-order chi connectivity index (χ1) is 15.5. The van der Waals surface area contributed by atoms with Crippen LogP contribution in [0.25, 0.3) is 22.3 Å². The van der Waals surface area contributed by atoms with Crippen LogP contribution < -0.4 is 5.56 Å². The average molecular weight is 491 g/mol. The van der Waals surface area contributed by atoms with Crippen LogP contribution in [0.15, 0.2) is 47.3 Å². The zero-order valence-electron chi connectivity index (χ0n) is 18.1. The van der Waals surface area contributed by atoms with Gasteiger partial charge in [-0.05, 0) is 61.4 Å². The Balaban J connectivity index is 1.72. The Bertz CT molecular complexity index is 1400. The minimum atomic E-state index is -3.47. The summed E-state index contributed by atoms with van der Waals surface area (Å²) in [4.78, 5) is 29.8. The van der Waals surface area contributed by atoms with E-state index in [1.807, 2.05) is 6.07 Å². The lowest BCUT2D eigenvalue weighted by molar-refractivity contribution is -0.140. The number of rotatable bonds is 7. The highest BCUT2D eigenvalue weighted by molar-refractivity contribution is 7.85. The summed E-state index contributed by atoms with van der Waals surface area (Å²) in [5, 5.41) is 10.4. The fraction of sp³-hybridized carbons (Fsp3) is 0.348. The van der Waals surface area contributed by atoms with E-state index >= 15 is 0 Å². The molecule has 1 atom stereocenters. The molecule has 1 aliphatic carbocycles. The maximum Gasteiger partial charge on any atom is 0.326 e. The maximum atomic E-state index is 13.5. The Morgan fingerprint density at radius 3 is 2.64 bits per heavy atom. The van der Waals surface area contributed by atoms with Crippen molar-refractivity contribution in [3.05, 3.63) is 63.4 Å². The highest BCUT2D eigenvalue weighted by Gasteiger charge is 2.32. The van der Waals surface area contributed by atoms with Crippen LogP contribution in [0.4, 0.5) is 0 Å². The molecule has 174 valence electrons. The summed E-state index contributed by atoms with van der Waals surface area (Å²) < 4.78 is 28.4. The van der Waals surface area contributed by atoms with Gasteiger partial charge in [0.15, 0.2) is 0 Å². The van der Waals surface area contributed by atoms with Gasteiger partial charge in [0, 0.05) is 10.6 Å². The van der Waals surface area contributed by atoms with E-state index in [4.69, 9.17) is 15.8 Å². The van der Waals surface area contributed by atoms with Gasteiger partial charge in [-0.15, -0.1) is 0 Å². The monoisotopic (exact) mass is 490 g/mol. The van der Waals surface area contributed by atoms with Crippen molar-refractivity contribution in [1.29, 1.82) is 0 Å². The lowest BCUT2D eigenvalue weighted by Crippen LogP contribution is -2.31. The van der Waals surface area contributed by atoms with Gasteiger partial charge in [-0.1, -0.05) is 29.8 Å². The number of carbonyl (C=O) groups is 1. The fourth-order valence-electron chi connectivity index (χ4n) is 4.14. The van der Waals surface area contributed by atoms with E-state index in [0.717, 1.165) is 24.7 Å². The molecule has 2 aromatic carbocycles. The SMILES string of the molecule is CC(C(=O)O)n1c(-c2cccc(Cl)c2)nc2ccc([C@H]3C[C@@H](COS(C)(=O)=O)C3)cc2c1=O. The van der Waals surface area contributed by atoms with Gasteiger partial charge in [0.2, 0.25) is 0 Å². The van der Waals surface area contributed by atoms with Crippen LogP contribution in [0, 0.1) is 5.92 Å². The number of nitrogens with zero attached hydrogens (tertiary/aromatic N) is 2. The number of benzene rings is 2. The molecule has 1 unspecified atom stereocenters. The van der Waals surface area contributed by atoms with Gasteiger partial charge in [-0.25, -0.2) is 9.78 Å². The Hall–Kier alpha value is -2.75. The van der Waals surface area contributed by atoms with Crippen molar-refractivity contribution in [2.45, 2.75) is 31.7 Å². The number of fused-ring (bicyclic) bond motifs is 1. The Morgan fingerprint density at radius 2 is 2.00 bits per heavy atom. The van der Waals surface area contributed by atoms with Crippen LogP contribution in [-0.4, -0.2) is 41.9 Å². The molecule has 0 bridgehead atoms. The molecule has 1 N–H and O–H groups in total. The van der Waals surface area contributed by atoms with Crippen molar-refractivity contribution in [3.63, 3.8) is 0 Å². The van der Waals surface area contributed by atoms with Gasteiger partial charge < -0.3 is 5.11 Å². The fourth-order valence-corrected chi connectivity index (χ4v) is 4.76. The zero-order chi connectivity index (χ0) is 23.9. The lowest BCUT2D eigenvalue weighted by Gasteiger charge is -2.35. The van der Waals surface area contributed by atoms with E-state index in [0.29, 0.717) is 21.5 Å². The summed E-state index contributed by atoms with van der Waals surface area (Å²) >= 11 is 6.11. The quantitative estimate of drug-likeness (QED) is 0.500. The van der Waals surface area contributed by atoms with Gasteiger partial charge in [0.05, 0.1) is 23.8 Å². The summed E-state index contributed by atoms with van der Waals surface area (Å²) in [5.74, 6) is -0.614. The molecule has 4 rings (SSSR count). The second kappa shape index (κ2) is 8.89. The summed E-state index contributed by atoms with van der Waals surface area (Å²) in [6.45, 7) is 1.59. The van der Waals surface area contributed by atoms with Crippen molar-refractivity contribution >= 4 is 38.6 Å². The summed E-state index contributed by atoms with van der Waals surface area (Å²) in [5.41, 5.74) is 1.50. The molecule has 0 saturated heterocycles. The van der Waals surface area contributed by atoms with Crippen LogP contribution in [0.2, 0.25) is 5.02 Å². The van der Waals surface area contributed by atoms with E-state index in [9.17, 15) is 23.1 Å². The standard InChI is InChI=1S/C23H23ClN2O6S/c1-13(23(28)29)26-21(16-4-3-5-18(24)10-16)25-20-7-6-15(11-19(20)22(26)27)17-8-14(9-17)12-32-33(2,30)31/h3-7,10-11,13-14,17H,8-9,12H2,1-2H3,(H,28,29)/t13?,14-,17+. The molecule has 33 heavy (non-hydrogen) atoms. The molecule has 1 heterocycles. The van der Waals surface area contributed by atoms with Crippen LogP contribution in [0.5, 0.6) is 0 Å². The van der Waals surface area contributed by atoms with Gasteiger partial charge in [0.25, 0.3) is 15.7 Å². The van der Waals surface area contributed by atoms with Crippen molar-refractivity contribution < 1.29 is 22.5 Å². The van der Waals surface area contributed by atoms with Gasteiger partial charge in [0.1, 0.15) is 11.9 Å². The van der Waals surface area contributed by atoms with Gasteiger partial charge in [-0.2, -0.15) is 8.42 Å². The number of hydrogen-bond donors (Lipinski definition) is 1. The number of carboxylic acid groups (broad SMARTS) is 1. The third-order valence-corrected chi connectivity index (χ3v) is 6.78. The summed E-state index contributed by atoms with van der Waals surface area (Å²) in [7, 11) is -3.47. The molecular formula is C23H23ClN2O6S. The normalized spacial score (nSPS) is 19.2. The molecule has 0 aliphatic heterocycles. The summed E-state index contributed by atoms with van der Waals surface area (Å²) in [6, 6.07) is 11.1. The van der Waals surface area contributed by atoms with Crippen LogP contribution >= 0.6 is 11.6 Å². The molecule has 1 fully saturated rings. The largest absolute Gasteiger partial charge is 0.480 e. The van der Waals surface area contributed by atoms with Crippen LogP contribution in [-0.2, 0) is 19.1 Å². The highest BCUT2D eigenvalue weighted by Crippen LogP contribution is 2.42. The molecule has 1 aromatic heterocycles. The first-order valence-electron chi connectivity index (χ1n) is 10.4. The van der Waals surface area contributed by atoms with Crippen molar-refractivity contribution in [3.8, 4) is 11.4 Å². The third-order valence-electron chi connectivity index (χ3n) is 5.98. The van der Waals surface area contributed by atoms with E-state index in [1.165, 1.54) is 11.5 Å². The number of aromatic nitrogens is 2. The molecular weight excluding hydrogens is 468 g/mol. The second-order valence-electron chi connectivity index (χ2n) is 8.43. The smallest absolute Gasteiger partial charge is 0.326 e. The van der Waals surface area contributed by atoms with Crippen molar-refractivity contribution in [2.24, 2.45) is 5.92 Å². The van der Waals surface area contributed by atoms with E-state index in [1.54, 1.807) is 36.4 Å². The highest BCUT2D eigenvalue weighted by atomic mass is 35.5. The molecule has 0 amide bonds. The molecule has 1 saturated carbocycles. The number of hydrogen-bond acceptors (Lipinski definition) is 6. The molecule has 3 aromatic rings. The van der Waals surface area contributed by atoms with E-state index in [2.05, 4.69) is 4.98 Å². The predicted octanol–water partition coefficient (Wildman–Crippen LogP) is 3.83. The second-order valence-corrected chi connectivity index (χ2v) is 10.5. The first kappa shape index (κ1) is 23.4. The summed E-state index contributed by atoms with van der Waals surface area (Å²) in [6.07, 6.45) is 2.52. The first-order valence-corrected chi connectivity index (χ1v) is 12.6. The number of carboxylic acids is 1. The number of halogens is 1. The Kier molecular flexibility index (Phi) is 6.30. The Morgan fingerprint density at radius 1 is 1.27 bits per heavy atom. The number of aliphatic carboxylic acids is 1. The van der Waals surface area contributed by atoms with E-state index in [-0.39, 0.29) is 24.3 Å². The molecule has 8 nitrogen and oxygen atoms in total. The lowest BCUT2D eigenvalue weighted by atomic mass is 9.72. The van der Waals surface area contributed by atoms with Crippen LogP contribution in [0.3, 0.4) is 0 Å². The van der Waals surface area contributed by atoms with Gasteiger partial charge >= 0.3 is 5.97 Å².